The summed E-state index contributed by atoms with van der Waals surface area (Å²) in [5, 5.41) is 0.585. The van der Waals surface area contributed by atoms with E-state index in [0.29, 0.717) is 17.1 Å². The van der Waals surface area contributed by atoms with Gasteiger partial charge in [-0.3, -0.25) is 9.62 Å². The first kappa shape index (κ1) is 17.5. The number of benzene rings is 1. The highest BCUT2D eigenvalue weighted by atomic mass is 35.5. The number of hydrogen-bond donors (Lipinski definition) is 1. The lowest BCUT2D eigenvalue weighted by Crippen LogP contribution is -2.35. The van der Waals surface area contributed by atoms with E-state index >= 15 is 0 Å². The van der Waals surface area contributed by atoms with Crippen molar-refractivity contribution in [2.45, 2.75) is 26.3 Å². The molecule has 124 valence electrons. The first-order chi connectivity index (χ1) is 10.5. The fraction of sp³-hybridized carbons (Fsp3) is 0.600. The van der Waals surface area contributed by atoms with Crippen molar-refractivity contribution in [2.75, 3.05) is 36.8 Å². The minimum atomic E-state index is -3.29. The van der Waals surface area contributed by atoms with Crippen LogP contribution in [0.5, 0.6) is 0 Å². The minimum absolute atomic E-state index is 0.136. The standard InChI is InChI=1S/C15H23ClN2O3S/c1-2-3-10-22(19,20)17-14-5-4-13(15(16)11-14)12-18-6-8-21-9-7-18/h4-5,11,17H,2-3,6-10,12H2,1H3. The summed E-state index contributed by atoms with van der Waals surface area (Å²) in [6.07, 6.45) is 1.50. The van der Waals surface area contributed by atoms with Crippen molar-refractivity contribution in [2.24, 2.45) is 0 Å². The SMILES string of the molecule is CCCCS(=O)(=O)Nc1ccc(CN2CCOCC2)c(Cl)c1. The van der Waals surface area contributed by atoms with Crippen molar-refractivity contribution in [3.8, 4) is 0 Å². The van der Waals surface area contributed by atoms with Crippen molar-refractivity contribution in [3.05, 3.63) is 28.8 Å². The van der Waals surface area contributed by atoms with Gasteiger partial charge in [-0.15, -0.1) is 0 Å². The molecule has 1 aliphatic heterocycles. The van der Waals surface area contributed by atoms with Crippen LogP contribution in [0.25, 0.3) is 0 Å². The van der Waals surface area contributed by atoms with E-state index in [-0.39, 0.29) is 5.75 Å². The Hall–Kier alpha value is -0.820. The third-order valence-corrected chi connectivity index (χ3v) is 5.32. The normalized spacial score (nSPS) is 16.6. The predicted octanol–water partition coefficient (Wildman–Crippen LogP) is 2.71. The maximum Gasteiger partial charge on any atom is 0.232 e. The lowest BCUT2D eigenvalue weighted by atomic mass is 10.2. The number of hydrogen-bond acceptors (Lipinski definition) is 4. The second-order valence-electron chi connectivity index (χ2n) is 5.47. The Kier molecular flexibility index (Phi) is 6.50. The van der Waals surface area contributed by atoms with E-state index < -0.39 is 10.0 Å². The summed E-state index contributed by atoms with van der Waals surface area (Å²) in [5.74, 6) is 0.136. The van der Waals surface area contributed by atoms with Gasteiger partial charge < -0.3 is 4.74 Å². The lowest BCUT2D eigenvalue weighted by molar-refractivity contribution is 0.0342. The van der Waals surface area contributed by atoms with Gasteiger partial charge in [0.1, 0.15) is 0 Å². The molecule has 0 spiro atoms. The van der Waals surface area contributed by atoms with E-state index in [4.69, 9.17) is 16.3 Å². The zero-order valence-corrected chi connectivity index (χ0v) is 14.4. The highest BCUT2D eigenvalue weighted by Crippen LogP contribution is 2.23. The van der Waals surface area contributed by atoms with Gasteiger partial charge in [0.2, 0.25) is 10.0 Å². The Bertz CT molecular complexity index is 586. The molecule has 1 N–H and O–H groups in total. The number of anilines is 1. The van der Waals surface area contributed by atoms with Crippen LogP contribution in [0.2, 0.25) is 5.02 Å². The molecule has 2 rings (SSSR count). The monoisotopic (exact) mass is 346 g/mol. The lowest BCUT2D eigenvalue weighted by Gasteiger charge is -2.27. The molecule has 0 aliphatic carbocycles. The molecular weight excluding hydrogens is 324 g/mol. The molecule has 1 fully saturated rings. The molecule has 5 nitrogen and oxygen atoms in total. The van der Waals surface area contributed by atoms with Crippen molar-refractivity contribution >= 4 is 27.3 Å². The molecular formula is C15H23ClN2O3S. The average molecular weight is 347 g/mol. The van der Waals surface area contributed by atoms with E-state index in [1.807, 2.05) is 13.0 Å². The largest absolute Gasteiger partial charge is 0.379 e. The Labute approximate surface area is 137 Å². The fourth-order valence-electron chi connectivity index (χ4n) is 2.30. The summed E-state index contributed by atoms with van der Waals surface area (Å²) in [5.41, 5.74) is 1.52. The van der Waals surface area contributed by atoms with Crippen LogP contribution in [0, 0.1) is 0 Å². The van der Waals surface area contributed by atoms with Crippen LogP contribution >= 0.6 is 11.6 Å². The third-order valence-electron chi connectivity index (χ3n) is 3.59. The molecule has 0 bridgehead atoms. The van der Waals surface area contributed by atoms with E-state index in [9.17, 15) is 8.42 Å². The number of morpholine rings is 1. The van der Waals surface area contributed by atoms with Gasteiger partial charge in [-0.1, -0.05) is 31.0 Å². The number of nitrogens with zero attached hydrogens (tertiary/aromatic N) is 1. The van der Waals surface area contributed by atoms with Crippen molar-refractivity contribution in [1.82, 2.24) is 4.90 Å². The summed E-state index contributed by atoms with van der Waals surface area (Å²) in [6, 6.07) is 5.33. The number of halogens is 1. The molecule has 0 amide bonds. The van der Waals surface area contributed by atoms with E-state index in [2.05, 4.69) is 9.62 Å². The summed E-state index contributed by atoms with van der Waals surface area (Å²) in [6.45, 7) is 5.99. The van der Waals surface area contributed by atoms with Gasteiger partial charge in [0.05, 0.1) is 19.0 Å². The Morgan fingerprint density at radius 1 is 1.32 bits per heavy atom. The van der Waals surface area contributed by atoms with Crippen molar-refractivity contribution in [3.63, 3.8) is 0 Å². The Morgan fingerprint density at radius 2 is 2.05 bits per heavy atom. The summed E-state index contributed by atoms with van der Waals surface area (Å²) >= 11 is 6.29. The molecule has 0 radical (unpaired) electrons. The molecule has 1 heterocycles. The van der Waals surface area contributed by atoms with Crippen molar-refractivity contribution in [1.29, 1.82) is 0 Å². The zero-order valence-electron chi connectivity index (χ0n) is 12.8. The first-order valence-electron chi connectivity index (χ1n) is 7.59. The van der Waals surface area contributed by atoms with E-state index in [1.54, 1.807) is 12.1 Å². The number of unbranched alkanes of at least 4 members (excludes halogenated alkanes) is 1. The Balaban J connectivity index is 1.99. The highest BCUT2D eigenvalue weighted by Gasteiger charge is 2.14. The second-order valence-corrected chi connectivity index (χ2v) is 7.72. The van der Waals surface area contributed by atoms with Crippen LogP contribution in [0.15, 0.2) is 18.2 Å². The number of ether oxygens (including phenoxy) is 1. The number of rotatable bonds is 7. The molecule has 1 saturated heterocycles. The van der Waals surface area contributed by atoms with Crippen LogP contribution in [0.1, 0.15) is 25.3 Å². The van der Waals surface area contributed by atoms with Crippen LogP contribution in [-0.2, 0) is 21.3 Å². The molecule has 0 atom stereocenters. The van der Waals surface area contributed by atoms with Gasteiger partial charge in [-0.2, -0.15) is 0 Å². The molecule has 0 unspecified atom stereocenters. The third kappa shape index (κ3) is 5.43. The van der Waals surface area contributed by atoms with Gasteiger partial charge >= 0.3 is 0 Å². The molecule has 0 saturated carbocycles. The topological polar surface area (TPSA) is 58.6 Å². The maximum absolute atomic E-state index is 11.9. The van der Waals surface area contributed by atoms with Gasteiger partial charge in [0.25, 0.3) is 0 Å². The van der Waals surface area contributed by atoms with Crippen molar-refractivity contribution < 1.29 is 13.2 Å². The average Bonchev–Trinajstić information content (AvgIpc) is 2.49. The Morgan fingerprint density at radius 3 is 2.68 bits per heavy atom. The van der Waals surface area contributed by atoms with Gasteiger partial charge in [-0.25, -0.2) is 8.42 Å². The minimum Gasteiger partial charge on any atom is -0.379 e. The molecule has 7 heteroatoms. The fourth-order valence-corrected chi connectivity index (χ4v) is 3.80. The highest BCUT2D eigenvalue weighted by molar-refractivity contribution is 7.92. The van der Waals surface area contributed by atoms with Crippen LogP contribution < -0.4 is 4.72 Å². The zero-order chi connectivity index (χ0) is 16.0. The van der Waals surface area contributed by atoms with Gasteiger partial charge in [0, 0.05) is 30.3 Å². The van der Waals surface area contributed by atoms with E-state index in [1.165, 1.54) is 0 Å². The summed E-state index contributed by atoms with van der Waals surface area (Å²) in [4.78, 5) is 2.27. The molecule has 1 aromatic carbocycles. The second kappa shape index (κ2) is 8.15. The smallest absolute Gasteiger partial charge is 0.232 e. The van der Waals surface area contributed by atoms with Crippen LogP contribution in [-0.4, -0.2) is 45.4 Å². The number of sulfonamides is 1. The number of nitrogens with one attached hydrogen (secondary N) is 1. The van der Waals surface area contributed by atoms with Crippen LogP contribution in [0.3, 0.4) is 0 Å². The predicted molar refractivity (Wildman–Crippen MR) is 89.9 cm³/mol. The van der Waals surface area contributed by atoms with Gasteiger partial charge in [0.15, 0.2) is 0 Å². The van der Waals surface area contributed by atoms with E-state index in [0.717, 1.165) is 44.8 Å². The van der Waals surface area contributed by atoms with Crippen LogP contribution in [0.4, 0.5) is 5.69 Å². The molecule has 0 aromatic heterocycles. The molecule has 1 aromatic rings. The molecule has 1 aliphatic rings. The quantitative estimate of drug-likeness (QED) is 0.824. The summed E-state index contributed by atoms with van der Waals surface area (Å²) in [7, 11) is -3.29. The molecule has 22 heavy (non-hydrogen) atoms. The maximum atomic E-state index is 11.9. The summed E-state index contributed by atoms with van der Waals surface area (Å²) < 4.78 is 31.7. The first-order valence-corrected chi connectivity index (χ1v) is 9.62. The van der Waals surface area contributed by atoms with Gasteiger partial charge in [-0.05, 0) is 24.1 Å².